The molecule has 0 radical (unpaired) electrons. The van der Waals surface area contributed by atoms with E-state index in [-0.39, 0.29) is 28.7 Å². The molecule has 1 fully saturated rings. The molecule has 2 N–H and O–H groups in total. The molecule has 156 valence electrons. The van der Waals surface area contributed by atoms with E-state index in [1.165, 1.54) is 26.2 Å². The largest absolute Gasteiger partial charge is 0.466 e. The van der Waals surface area contributed by atoms with Gasteiger partial charge >= 0.3 is 5.97 Å². The van der Waals surface area contributed by atoms with E-state index in [9.17, 15) is 18.0 Å². The fraction of sp³-hybridized carbons (Fsp3) is 0.579. The van der Waals surface area contributed by atoms with Crippen LogP contribution in [0, 0.1) is 5.92 Å². The number of hydrogen-bond acceptors (Lipinski definition) is 5. The van der Waals surface area contributed by atoms with Crippen LogP contribution >= 0.6 is 0 Å². The van der Waals surface area contributed by atoms with Gasteiger partial charge in [-0.3, -0.25) is 9.59 Å². The molecule has 1 aromatic carbocycles. The van der Waals surface area contributed by atoms with E-state index in [2.05, 4.69) is 5.32 Å². The highest BCUT2D eigenvalue weighted by Crippen LogP contribution is 2.18. The van der Waals surface area contributed by atoms with Gasteiger partial charge in [0, 0.05) is 32.6 Å². The molecule has 0 bridgehead atoms. The number of carbonyl (C=O) groups is 2. The molecule has 8 nitrogen and oxygen atoms in total. The number of carbonyl (C=O) groups excluding carboxylic acids is 2. The van der Waals surface area contributed by atoms with Crippen LogP contribution in [0.25, 0.3) is 0 Å². The van der Waals surface area contributed by atoms with Crippen LogP contribution in [-0.2, 0) is 24.3 Å². The zero-order valence-corrected chi connectivity index (χ0v) is 17.7. The average Bonchev–Trinajstić information content (AvgIpc) is 2.67. The van der Waals surface area contributed by atoms with E-state index < -0.39 is 10.0 Å². The van der Waals surface area contributed by atoms with Crippen molar-refractivity contribution in [2.75, 3.05) is 39.1 Å². The number of quaternary nitrogens is 1. The van der Waals surface area contributed by atoms with E-state index in [1.54, 1.807) is 19.1 Å². The second-order valence-corrected chi connectivity index (χ2v) is 9.36. The zero-order chi connectivity index (χ0) is 20.9. The average molecular weight is 413 g/mol. The van der Waals surface area contributed by atoms with Gasteiger partial charge in [-0.05, 0) is 32.0 Å². The molecule has 2 rings (SSSR count). The summed E-state index contributed by atoms with van der Waals surface area (Å²) in [6.07, 6.45) is 1.39. The minimum Gasteiger partial charge on any atom is -0.466 e. The first kappa shape index (κ1) is 22.3. The third kappa shape index (κ3) is 5.30. The third-order valence-corrected chi connectivity index (χ3v) is 6.94. The highest BCUT2D eigenvalue weighted by molar-refractivity contribution is 7.89. The molecule has 9 heteroatoms. The number of anilines is 1. The summed E-state index contributed by atoms with van der Waals surface area (Å²) in [5, 5.41) is 2.81. The quantitative estimate of drug-likeness (QED) is 0.620. The molecule has 0 saturated carbocycles. The van der Waals surface area contributed by atoms with Gasteiger partial charge in [-0.1, -0.05) is 6.07 Å². The van der Waals surface area contributed by atoms with Gasteiger partial charge in [-0.2, -0.15) is 0 Å². The van der Waals surface area contributed by atoms with Crippen LogP contribution < -0.4 is 10.2 Å². The van der Waals surface area contributed by atoms with Gasteiger partial charge in [0.05, 0.1) is 30.5 Å². The van der Waals surface area contributed by atoms with Crippen molar-refractivity contribution in [2.45, 2.75) is 37.6 Å². The lowest BCUT2D eigenvalue weighted by atomic mass is 9.96. The van der Waals surface area contributed by atoms with Gasteiger partial charge in [-0.15, -0.1) is 0 Å². The van der Waals surface area contributed by atoms with Crippen LogP contribution in [0.4, 0.5) is 5.69 Å². The van der Waals surface area contributed by atoms with Crippen molar-refractivity contribution < 1.29 is 27.6 Å². The van der Waals surface area contributed by atoms with Gasteiger partial charge in [0.25, 0.3) is 5.91 Å². The standard InChI is InChI=1S/C19H29N3O5S/c1-5-27-19(24)15-9-11-22(12-10-15)14(2)18(23)20-16-7-6-8-17(13-16)28(25,26)21(3)4/h6-8,13-15H,5,9-12H2,1-4H3,(H,20,23)/p+1/t14-/m1/s1. The molecule has 0 aliphatic carbocycles. The lowest BCUT2D eigenvalue weighted by Crippen LogP contribution is -3.17. The first-order valence-electron chi connectivity index (χ1n) is 9.51. The van der Waals surface area contributed by atoms with Crippen molar-refractivity contribution in [3.05, 3.63) is 24.3 Å². The van der Waals surface area contributed by atoms with Crippen LogP contribution in [0.3, 0.4) is 0 Å². The summed E-state index contributed by atoms with van der Waals surface area (Å²) >= 11 is 0. The predicted molar refractivity (Wildman–Crippen MR) is 105 cm³/mol. The molecule has 1 saturated heterocycles. The van der Waals surface area contributed by atoms with Crippen LogP contribution in [0.2, 0.25) is 0 Å². The lowest BCUT2D eigenvalue weighted by Gasteiger charge is -2.31. The Labute approximate surface area is 166 Å². The number of amides is 1. The molecular weight excluding hydrogens is 382 g/mol. The topological polar surface area (TPSA) is 97.2 Å². The maximum atomic E-state index is 12.6. The Kier molecular flexibility index (Phi) is 7.56. The highest BCUT2D eigenvalue weighted by atomic mass is 32.2. The number of esters is 1. The Morgan fingerprint density at radius 3 is 2.50 bits per heavy atom. The predicted octanol–water partition coefficient (Wildman–Crippen LogP) is 0.122. The van der Waals surface area contributed by atoms with Crippen molar-refractivity contribution in [1.29, 1.82) is 0 Å². The van der Waals surface area contributed by atoms with Crippen LogP contribution in [-0.4, -0.2) is 64.4 Å². The van der Waals surface area contributed by atoms with Crippen molar-refractivity contribution in [2.24, 2.45) is 5.92 Å². The first-order chi connectivity index (χ1) is 13.2. The van der Waals surface area contributed by atoms with E-state index in [1.807, 2.05) is 6.92 Å². The summed E-state index contributed by atoms with van der Waals surface area (Å²) in [5.74, 6) is -0.423. The number of piperidine rings is 1. The molecule has 1 aromatic rings. The normalized spacial score (nSPS) is 21.2. The lowest BCUT2D eigenvalue weighted by molar-refractivity contribution is -0.919. The molecule has 1 aliphatic rings. The molecular formula is C19H30N3O5S+. The summed E-state index contributed by atoms with van der Waals surface area (Å²) in [6.45, 7) is 5.45. The second kappa shape index (κ2) is 9.49. The van der Waals surface area contributed by atoms with Crippen LogP contribution in [0.1, 0.15) is 26.7 Å². The number of rotatable bonds is 7. The molecule has 28 heavy (non-hydrogen) atoms. The SMILES string of the molecule is CCOC(=O)C1CC[NH+]([C@H](C)C(=O)Nc2cccc(S(=O)(=O)N(C)C)c2)CC1. The second-order valence-electron chi connectivity index (χ2n) is 7.21. The van der Waals surface area contributed by atoms with Gasteiger partial charge in [0.2, 0.25) is 10.0 Å². The summed E-state index contributed by atoms with van der Waals surface area (Å²) in [5.41, 5.74) is 0.445. The number of sulfonamides is 1. The minimum absolute atomic E-state index is 0.0908. The van der Waals surface area contributed by atoms with E-state index in [4.69, 9.17) is 4.74 Å². The Morgan fingerprint density at radius 2 is 1.93 bits per heavy atom. The maximum Gasteiger partial charge on any atom is 0.309 e. The monoisotopic (exact) mass is 412 g/mol. The fourth-order valence-corrected chi connectivity index (χ4v) is 4.25. The number of benzene rings is 1. The number of nitrogens with zero attached hydrogens (tertiary/aromatic N) is 1. The number of hydrogen-bond donors (Lipinski definition) is 2. The van der Waals surface area contributed by atoms with Gasteiger partial charge in [-0.25, -0.2) is 12.7 Å². The number of likely N-dealkylation sites (tertiary alicyclic amines) is 1. The zero-order valence-electron chi connectivity index (χ0n) is 16.9. The molecule has 0 spiro atoms. The third-order valence-electron chi connectivity index (χ3n) is 5.13. The number of ether oxygens (including phenoxy) is 1. The Bertz CT molecular complexity index is 802. The van der Waals surface area contributed by atoms with Crippen molar-refractivity contribution in [3.63, 3.8) is 0 Å². The van der Waals surface area contributed by atoms with Gasteiger partial charge in [0.15, 0.2) is 6.04 Å². The minimum atomic E-state index is -3.56. The highest BCUT2D eigenvalue weighted by Gasteiger charge is 2.33. The summed E-state index contributed by atoms with van der Waals surface area (Å²) < 4.78 is 30.7. The Morgan fingerprint density at radius 1 is 1.29 bits per heavy atom. The van der Waals surface area contributed by atoms with Crippen LogP contribution in [0.5, 0.6) is 0 Å². The fourth-order valence-electron chi connectivity index (χ4n) is 3.30. The van der Waals surface area contributed by atoms with Gasteiger partial charge in [0.1, 0.15) is 0 Å². The smallest absolute Gasteiger partial charge is 0.309 e. The van der Waals surface area contributed by atoms with E-state index >= 15 is 0 Å². The number of nitrogens with one attached hydrogen (secondary N) is 2. The molecule has 1 amide bonds. The van der Waals surface area contributed by atoms with Crippen molar-refractivity contribution >= 4 is 27.6 Å². The summed E-state index contributed by atoms with van der Waals surface area (Å²) in [6, 6.07) is 5.93. The van der Waals surface area contributed by atoms with E-state index in [0.717, 1.165) is 9.21 Å². The maximum absolute atomic E-state index is 12.6. The molecule has 1 aliphatic heterocycles. The molecule has 0 aromatic heterocycles. The molecule has 0 unspecified atom stereocenters. The van der Waals surface area contributed by atoms with Crippen LogP contribution in [0.15, 0.2) is 29.2 Å². The van der Waals surface area contributed by atoms with Gasteiger partial charge < -0.3 is 15.0 Å². The first-order valence-corrected chi connectivity index (χ1v) is 11.0. The molecule has 1 atom stereocenters. The summed E-state index contributed by atoms with van der Waals surface area (Å²) in [4.78, 5) is 25.7. The van der Waals surface area contributed by atoms with E-state index in [0.29, 0.717) is 38.2 Å². The Hall–Kier alpha value is -1.97. The van der Waals surface area contributed by atoms with Crippen molar-refractivity contribution in [3.8, 4) is 0 Å². The summed E-state index contributed by atoms with van der Waals surface area (Å²) in [7, 11) is -0.634. The Balaban J connectivity index is 1.97. The molecule has 1 heterocycles. The van der Waals surface area contributed by atoms with Crippen molar-refractivity contribution in [1.82, 2.24) is 4.31 Å².